The maximum absolute atomic E-state index is 11.2. The highest BCUT2D eigenvalue weighted by atomic mass is 16.1. The van der Waals surface area contributed by atoms with Gasteiger partial charge in [-0.05, 0) is 19.0 Å². The summed E-state index contributed by atoms with van der Waals surface area (Å²) in [5, 5.41) is 0. The van der Waals surface area contributed by atoms with Crippen molar-refractivity contribution in [1.82, 2.24) is 4.90 Å². The molecule has 0 aromatic rings. The van der Waals surface area contributed by atoms with E-state index in [4.69, 9.17) is 0 Å². The zero-order valence-electron chi connectivity index (χ0n) is 7.26. The minimum Gasteiger partial charge on any atom is -0.302 e. The normalized spacial score (nSPS) is 19.6. The Labute approximate surface area is 67.9 Å². The predicted octanol–water partition coefficient (Wildman–Crippen LogP) is 1.23. The molecule has 0 saturated carbocycles. The average Bonchev–Trinajstić information content (AvgIpc) is 2.05. The second kappa shape index (κ2) is 3.67. The second-order valence-electron chi connectivity index (χ2n) is 3.02. The van der Waals surface area contributed by atoms with Crippen LogP contribution in [0, 0.1) is 0 Å². The summed E-state index contributed by atoms with van der Waals surface area (Å²) < 4.78 is 0. The van der Waals surface area contributed by atoms with Crippen molar-refractivity contribution in [3.8, 4) is 0 Å². The van der Waals surface area contributed by atoms with Gasteiger partial charge in [-0.15, -0.1) is 0 Å². The Kier molecular flexibility index (Phi) is 2.83. The SMILES string of the molecule is CCC(=O)C1=CCN(C)CC1. The van der Waals surface area contributed by atoms with Gasteiger partial charge in [0.1, 0.15) is 0 Å². The quantitative estimate of drug-likeness (QED) is 0.594. The lowest BCUT2D eigenvalue weighted by molar-refractivity contribution is -0.115. The van der Waals surface area contributed by atoms with Gasteiger partial charge in [-0.1, -0.05) is 13.0 Å². The predicted molar refractivity (Wildman–Crippen MR) is 45.5 cm³/mol. The number of hydrogen-bond donors (Lipinski definition) is 0. The molecule has 1 aliphatic rings. The molecule has 1 aliphatic heterocycles. The minimum atomic E-state index is 0.318. The minimum absolute atomic E-state index is 0.318. The van der Waals surface area contributed by atoms with E-state index in [2.05, 4.69) is 18.0 Å². The van der Waals surface area contributed by atoms with Crippen LogP contribution in [0.4, 0.5) is 0 Å². The van der Waals surface area contributed by atoms with Crippen molar-refractivity contribution >= 4 is 5.78 Å². The number of likely N-dealkylation sites (N-methyl/N-ethyl adjacent to an activating group) is 1. The molecular weight excluding hydrogens is 138 g/mol. The van der Waals surface area contributed by atoms with Crippen molar-refractivity contribution in [2.45, 2.75) is 19.8 Å². The molecule has 0 bridgehead atoms. The van der Waals surface area contributed by atoms with Gasteiger partial charge in [0.25, 0.3) is 0 Å². The maximum Gasteiger partial charge on any atom is 0.158 e. The van der Waals surface area contributed by atoms with Gasteiger partial charge in [0.15, 0.2) is 5.78 Å². The first-order chi connectivity index (χ1) is 5.24. The van der Waals surface area contributed by atoms with Crippen LogP contribution in [0.5, 0.6) is 0 Å². The van der Waals surface area contributed by atoms with Crippen LogP contribution >= 0.6 is 0 Å². The van der Waals surface area contributed by atoms with Gasteiger partial charge >= 0.3 is 0 Å². The maximum atomic E-state index is 11.2. The smallest absolute Gasteiger partial charge is 0.158 e. The highest BCUT2D eigenvalue weighted by Gasteiger charge is 2.12. The molecule has 0 atom stereocenters. The number of carbonyl (C=O) groups excluding carboxylic acids is 1. The zero-order valence-corrected chi connectivity index (χ0v) is 7.26. The van der Waals surface area contributed by atoms with Crippen LogP contribution in [0.1, 0.15) is 19.8 Å². The number of nitrogens with zero attached hydrogens (tertiary/aromatic N) is 1. The number of Topliss-reactive ketones (excluding diaryl/α,β-unsaturated/α-hetero) is 1. The fourth-order valence-electron chi connectivity index (χ4n) is 1.25. The van der Waals surface area contributed by atoms with Crippen LogP contribution < -0.4 is 0 Å². The summed E-state index contributed by atoms with van der Waals surface area (Å²) in [6, 6.07) is 0. The molecular formula is C9H15NO. The van der Waals surface area contributed by atoms with Crippen molar-refractivity contribution in [2.75, 3.05) is 20.1 Å². The van der Waals surface area contributed by atoms with Gasteiger partial charge < -0.3 is 4.90 Å². The Morgan fingerprint density at radius 2 is 2.45 bits per heavy atom. The first-order valence-corrected chi connectivity index (χ1v) is 4.14. The van der Waals surface area contributed by atoms with Crippen LogP contribution in [0.25, 0.3) is 0 Å². The van der Waals surface area contributed by atoms with Gasteiger partial charge in [-0.2, -0.15) is 0 Å². The number of ketones is 1. The van der Waals surface area contributed by atoms with Crippen LogP contribution in [-0.2, 0) is 4.79 Å². The van der Waals surface area contributed by atoms with Crippen LogP contribution in [0.3, 0.4) is 0 Å². The Hall–Kier alpha value is -0.630. The molecule has 0 saturated heterocycles. The Balaban J connectivity index is 2.54. The molecule has 2 nitrogen and oxygen atoms in total. The molecule has 0 unspecified atom stereocenters. The molecule has 1 heterocycles. The number of carbonyl (C=O) groups is 1. The van der Waals surface area contributed by atoms with Crippen molar-refractivity contribution < 1.29 is 4.79 Å². The summed E-state index contributed by atoms with van der Waals surface area (Å²) in [6.07, 6.45) is 3.63. The largest absolute Gasteiger partial charge is 0.302 e. The van der Waals surface area contributed by atoms with Gasteiger partial charge in [0, 0.05) is 19.5 Å². The van der Waals surface area contributed by atoms with E-state index in [1.807, 2.05) is 6.92 Å². The van der Waals surface area contributed by atoms with E-state index in [-0.39, 0.29) is 0 Å². The summed E-state index contributed by atoms with van der Waals surface area (Å²) in [6.45, 7) is 3.88. The second-order valence-corrected chi connectivity index (χ2v) is 3.02. The average molecular weight is 153 g/mol. The molecule has 0 fully saturated rings. The first kappa shape index (κ1) is 8.47. The molecule has 0 amide bonds. The summed E-state index contributed by atoms with van der Waals surface area (Å²) in [7, 11) is 2.07. The Morgan fingerprint density at radius 3 is 2.91 bits per heavy atom. The molecule has 62 valence electrons. The topological polar surface area (TPSA) is 20.3 Å². The summed E-state index contributed by atoms with van der Waals surface area (Å²) >= 11 is 0. The van der Waals surface area contributed by atoms with Gasteiger partial charge in [-0.25, -0.2) is 0 Å². The fourth-order valence-corrected chi connectivity index (χ4v) is 1.25. The van der Waals surface area contributed by atoms with E-state index < -0.39 is 0 Å². The van der Waals surface area contributed by atoms with Crippen LogP contribution in [0.15, 0.2) is 11.6 Å². The molecule has 1 rings (SSSR count). The highest BCUT2D eigenvalue weighted by Crippen LogP contribution is 2.11. The van der Waals surface area contributed by atoms with E-state index in [9.17, 15) is 4.79 Å². The van der Waals surface area contributed by atoms with E-state index in [1.54, 1.807) is 0 Å². The van der Waals surface area contributed by atoms with E-state index in [0.717, 1.165) is 25.1 Å². The van der Waals surface area contributed by atoms with Crippen molar-refractivity contribution in [3.63, 3.8) is 0 Å². The van der Waals surface area contributed by atoms with Crippen molar-refractivity contribution in [1.29, 1.82) is 0 Å². The lowest BCUT2D eigenvalue weighted by Gasteiger charge is -2.20. The van der Waals surface area contributed by atoms with Gasteiger partial charge in [0.2, 0.25) is 0 Å². The Bertz CT molecular complexity index is 184. The third kappa shape index (κ3) is 2.15. The fraction of sp³-hybridized carbons (Fsp3) is 0.667. The molecule has 0 radical (unpaired) electrons. The lowest BCUT2D eigenvalue weighted by atomic mass is 10.0. The van der Waals surface area contributed by atoms with Crippen molar-refractivity contribution in [2.24, 2.45) is 0 Å². The molecule has 0 spiro atoms. The zero-order chi connectivity index (χ0) is 8.27. The third-order valence-electron chi connectivity index (χ3n) is 2.09. The molecule has 11 heavy (non-hydrogen) atoms. The number of rotatable bonds is 2. The number of hydrogen-bond acceptors (Lipinski definition) is 2. The standard InChI is InChI=1S/C9H15NO/c1-3-9(11)8-4-6-10(2)7-5-8/h4H,3,5-7H2,1-2H3. The Morgan fingerprint density at radius 1 is 1.73 bits per heavy atom. The molecule has 0 aromatic heterocycles. The van der Waals surface area contributed by atoms with Gasteiger partial charge in [-0.3, -0.25) is 4.79 Å². The molecule has 0 aliphatic carbocycles. The summed E-state index contributed by atoms with van der Waals surface area (Å²) in [4.78, 5) is 13.4. The van der Waals surface area contributed by atoms with E-state index >= 15 is 0 Å². The van der Waals surface area contributed by atoms with Crippen molar-refractivity contribution in [3.05, 3.63) is 11.6 Å². The van der Waals surface area contributed by atoms with E-state index in [1.165, 1.54) is 0 Å². The molecule has 0 aromatic carbocycles. The van der Waals surface area contributed by atoms with E-state index in [0.29, 0.717) is 12.2 Å². The highest BCUT2D eigenvalue weighted by molar-refractivity contribution is 5.95. The lowest BCUT2D eigenvalue weighted by Crippen LogP contribution is -2.26. The molecule has 0 N–H and O–H groups in total. The van der Waals surface area contributed by atoms with Crippen LogP contribution in [0.2, 0.25) is 0 Å². The first-order valence-electron chi connectivity index (χ1n) is 4.14. The van der Waals surface area contributed by atoms with Gasteiger partial charge in [0.05, 0.1) is 0 Å². The van der Waals surface area contributed by atoms with Crippen LogP contribution in [-0.4, -0.2) is 30.8 Å². The monoisotopic (exact) mass is 153 g/mol. The third-order valence-corrected chi connectivity index (χ3v) is 2.09. The summed E-state index contributed by atoms with van der Waals surface area (Å²) in [5.74, 6) is 0.318. The molecule has 2 heteroatoms. The summed E-state index contributed by atoms with van der Waals surface area (Å²) in [5.41, 5.74) is 1.03.